The van der Waals surface area contributed by atoms with E-state index in [-0.39, 0.29) is 0 Å². The number of aliphatic hydroxyl groups excluding tert-OH is 1. The van der Waals surface area contributed by atoms with Crippen LogP contribution in [-0.2, 0) is 13.1 Å². The minimum absolute atomic E-state index is 0.345. The highest BCUT2D eigenvalue weighted by molar-refractivity contribution is 5.89. The second kappa shape index (κ2) is 9.58. The Kier molecular flexibility index (Phi) is 6.83. The molecule has 31 heavy (non-hydrogen) atoms. The van der Waals surface area contributed by atoms with Gasteiger partial charge in [0.2, 0.25) is 0 Å². The third-order valence-electron chi connectivity index (χ3n) is 7.23. The number of benzene rings is 1. The molecule has 1 aliphatic rings. The summed E-state index contributed by atoms with van der Waals surface area (Å²) < 4.78 is 4.59. The third-order valence-corrected chi connectivity index (χ3v) is 7.23. The van der Waals surface area contributed by atoms with Crippen LogP contribution in [0.4, 0.5) is 0 Å². The molecule has 0 amide bonds. The highest BCUT2D eigenvalue weighted by Crippen LogP contribution is 2.31. The van der Waals surface area contributed by atoms with Crippen molar-refractivity contribution in [3.8, 4) is 11.3 Å². The summed E-state index contributed by atoms with van der Waals surface area (Å²) in [5, 5.41) is 15.6. The number of aliphatic hydroxyl groups is 1. The predicted molar refractivity (Wildman–Crippen MR) is 128 cm³/mol. The topological polar surface area (TPSA) is 46.2 Å². The van der Waals surface area contributed by atoms with E-state index in [1.165, 1.54) is 40.6 Å². The van der Waals surface area contributed by atoms with Gasteiger partial charge in [0.05, 0.1) is 5.69 Å². The van der Waals surface area contributed by atoms with Crippen LogP contribution >= 0.6 is 0 Å². The number of aryl methyl sites for hydroxylation is 2. The first-order valence-corrected chi connectivity index (χ1v) is 11.8. The Labute approximate surface area is 186 Å². The van der Waals surface area contributed by atoms with Crippen LogP contribution in [0.2, 0.25) is 0 Å². The zero-order chi connectivity index (χ0) is 22.0. The first-order valence-electron chi connectivity index (χ1n) is 11.8. The number of fused-ring (bicyclic) bond motifs is 1. The quantitative estimate of drug-likeness (QED) is 0.563. The molecule has 1 N–H and O–H groups in total. The van der Waals surface area contributed by atoms with Crippen LogP contribution < -0.4 is 0 Å². The van der Waals surface area contributed by atoms with Gasteiger partial charge in [0.25, 0.3) is 0 Å². The average molecular weight is 423 g/mol. The summed E-state index contributed by atoms with van der Waals surface area (Å²) in [4.78, 5) is 2.25. The number of hydrogen-bond donors (Lipinski definition) is 1. The fourth-order valence-electron chi connectivity index (χ4n) is 5.12. The summed E-state index contributed by atoms with van der Waals surface area (Å²) in [5.41, 5.74) is 6.33. The second-order valence-corrected chi connectivity index (χ2v) is 9.74. The molecule has 0 aliphatic heterocycles. The third kappa shape index (κ3) is 4.88. The van der Waals surface area contributed by atoms with Gasteiger partial charge in [0.1, 0.15) is 0 Å². The van der Waals surface area contributed by atoms with Crippen LogP contribution in [0, 0.1) is 25.7 Å². The van der Waals surface area contributed by atoms with Crippen LogP contribution in [-0.4, -0.2) is 51.6 Å². The van der Waals surface area contributed by atoms with Crippen molar-refractivity contribution in [2.24, 2.45) is 11.8 Å². The molecule has 1 aromatic carbocycles. The highest BCUT2D eigenvalue weighted by Gasteiger charge is 2.21. The van der Waals surface area contributed by atoms with Gasteiger partial charge in [-0.2, -0.15) is 5.10 Å². The van der Waals surface area contributed by atoms with E-state index in [0.717, 1.165) is 44.6 Å². The van der Waals surface area contributed by atoms with Crippen LogP contribution in [0.1, 0.15) is 43.4 Å². The van der Waals surface area contributed by atoms with E-state index in [2.05, 4.69) is 72.6 Å². The van der Waals surface area contributed by atoms with Crippen molar-refractivity contribution >= 4 is 10.9 Å². The first-order chi connectivity index (χ1) is 15.0. The Morgan fingerprint density at radius 2 is 1.81 bits per heavy atom. The Morgan fingerprint density at radius 1 is 1.06 bits per heavy atom. The van der Waals surface area contributed by atoms with Gasteiger partial charge >= 0.3 is 0 Å². The smallest absolute Gasteiger partial charge is 0.0923 e. The molecule has 4 rings (SSSR count). The molecule has 0 unspecified atom stereocenters. The summed E-state index contributed by atoms with van der Waals surface area (Å²) in [6.45, 7) is 7.98. The monoisotopic (exact) mass is 422 g/mol. The summed E-state index contributed by atoms with van der Waals surface area (Å²) in [7, 11) is 4.27. The lowest BCUT2D eigenvalue weighted by molar-refractivity contribution is 0.159. The zero-order valence-electron chi connectivity index (χ0n) is 19.6. The molecule has 0 spiro atoms. The molecule has 5 nitrogen and oxygen atoms in total. The lowest BCUT2D eigenvalue weighted by Crippen LogP contribution is -2.21. The molecule has 0 radical (unpaired) electrons. The first kappa shape index (κ1) is 22.1. The van der Waals surface area contributed by atoms with Gasteiger partial charge in [-0.3, -0.25) is 4.68 Å². The number of rotatable bonds is 8. The summed E-state index contributed by atoms with van der Waals surface area (Å²) in [6, 6.07) is 8.97. The standard InChI is InChI=1S/C26H38N4O/c1-19-20(2)30(14-5-13-28(3)4)26-11-10-23(16-24(19)26)25-12-15-29(27-25)17-21-6-8-22(18-31)9-7-21/h10-12,15-16,21-22,31H,5-9,13-14,17-18H2,1-4H3. The van der Waals surface area contributed by atoms with Crippen molar-refractivity contribution in [3.63, 3.8) is 0 Å². The lowest BCUT2D eigenvalue weighted by Gasteiger charge is -2.27. The van der Waals surface area contributed by atoms with Gasteiger partial charge in [-0.1, -0.05) is 6.07 Å². The Morgan fingerprint density at radius 3 is 2.52 bits per heavy atom. The van der Waals surface area contributed by atoms with E-state index in [1.54, 1.807) is 0 Å². The minimum Gasteiger partial charge on any atom is -0.396 e. The minimum atomic E-state index is 0.345. The second-order valence-electron chi connectivity index (χ2n) is 9.74. The molecule has 2 heterocycles. The van der Waals surface area contributed by atoms with E-state index in [1.807, 2.05) is 0 Å². The zero-order valence-corrected chi connectivity index (χ0v) is 19.6. The van der Waals surface area contributed by atoms with Crippen LogP contribution in [0.15, 0.2) is 30.5 Å². The van der Waals surface area contributed by atoms with E-state index in [9.17, 15) is 5.11 Å². The predicted octanol–water partition coefficient (Wildman–Crippen LogP) is 4.87. The molecule has 0 saturated heterocycles. The average Bonchev–Trinajstić information content (AvgIpc) is 3.32. The van der Waals surface area contributed by atoms with E-state index < -0.39 is 0 Å². The fourth-order valence-corrected chi connectivity index (χ4v) is 5.12. The van der Waals surface area contributed by atoms with E-state index >= 15 is 0 Å². The normalized spacial score (nSPS) is 19.5. The van der Waals surface area contributed by atoms with Crippen molar-refractivity contribution in [2.75, 3.05) is 27.2 Å². The summed E-state index contributed by atoms with van der Waals surface area (Å²) in [5.74, 6) is 1.19. The van der Waals surface area contributed by atoms with Crippen molar-refractivity contribution in [1.29, 1.82) is 0 Å². The summed E-state index contributed by atoms with van der Waals surface area (Å²) in [6.07, 6.45) is 7.98. The molecular weight excluding hydrogens is 384 g/mol. The molecule has 168 valence electrons. The molecule has 2 aromatic heterocycles. The Bertz CT molecular complexity index is 1010. The maximum atomic E-state index is 9.35. The van der Waals surface area contributed by atoms with Crippen molar-refractivity contribution < 1.29 is 5.11 Å². The van der Waals surface area contributed by atoms with Crippen LogP contribution in [0.3, 0.4) is 0 Å². The molecule has 1 aliphatic carbocycles. The maximum Gasteiger partial charge on any atom is 0.0923 e. The van der Waals surface area contributed by atoms with Crippen molar-refractivity contribution in [3.05, 3.63) is 41.7 Å². The Hall–Kier alpha value is -2.11. The van der Waals surface area contributed by atoms with Crippen LogP contribution in [0.25, 0.3) is 22.2 Å². The summed E-state index contributed by atoms with van der Waals surface area (Å²) >= 11 is 0. The molecule has 0 bridgehead atoms. The molecule has 1 saturated carbocycles. The van der Waals surface area contributed by atoms with Crippen LogP contribution in [0.5, 0.6) is 0 Å². The van der Waals surface area contributed by atoms with Gasteiger partial charge < -0.3 is 14.6 Å². The number of nitrogens with zero attached hydrogens (tertiary/aromatic N) is 4. The fraction of sp³-hybridized carbons (Fsp3) is 0.577. The Balaban J connectivity index is 1.49. The number of hydrogen-bond acceptors (Lipinski definition) is 3. The lowest BCUT2D eigenvalue weighted by atomic mass is 9.82. The molecule has 5 heteroatoms. The number of aromatic nitrogens is 3. The molecule has 0 atom stereocenters. The molecular formula is C26H38N4O. The van der Waals surface area contributed by atoms with E-state index in [4.69, 9.17) is 5.10 Å². The highest BCUT2D eigenvalue weighted by atomic mass is 16.3. The van der Waals surface area contributed by atoms with Crippen molar-refractivity contribution in [2.45, 2.75) is 59.0 Å². The van der Waals surface area contributed by atoms with Crippen molar-refractivity contribution in [1.82, 2.24) is 19.2 Å². The van der Waals surface area contributed by atoms with Gasteiger partial charge in [-0.05, 0) is 102 Å². The van der Waals surface area contributed by atoms with Gasteiger partial charge in [-0.15, -0.1) is 0 Å². The molecule has 1 fully saturated rings. The van der Waals surface area contributed by atoms with Gasteiger partial charge in [-0.25, -0.2) is 0 Å². The largest absolute Gasteiger partial charge is 0.396 e. The molecule has 3 aromatic rings. The van der Waals surface area contributed by atoms with Gasteiger partial charge in [0, 0.05) is 48.1 Å². The van der Waals surface area contributed by atoms with E-state index in [0.29, 0.717) is 18.4 Å². The maximum absolute atomic E-state index is 9.35. The SMILES string of the molecule is Cc1c(C)n(CCCN(C)C)c2ccc(-c3ccn(CC4CCC(CO)CC4)n3)cc12. The van der Waals surface area contributed by atoms with Gasteiger partial charge in [0.15, 0.2) is 0 Å².